The van der Waals surface area contributed by atoms with Crippen molar-refractivity contribution in [2.45, 2.75) is 18.4 Å². The Morgan fingerprint density at radius 2 is 1.57 bits per heavy atom. The number of anilines is 1. The lowest BCUT2D eigenvalue weighted by atomic mass is 10.2. The van der Waals surface area contributed by atoms with Gasteiger partial charge < -0.3 is 5.32 Å². The minimum Gasteiger partial charge on any atom is -0.348 e. The first-order valence-electron chi connectivity index (χ1n) is 8.57. The highest BCUT2D eigenvalue weighted by Gasteiger charge is 2.22. The molecule has 3 rings (SSSR count). The first-order chi connectivity index (χ1) is 13.4. The van der Waals surface area contributed by atoms with E-state index in [2.05, 4.69) is 10.0 Å². The van der Waals surface area contributed by atoms with Crippen molar-refractivity contribution in [1.82, 2.24) is 5.32 Å². The number of sulfonamides is 1. The monoisotopic (exact) mass is 414 g/mol. The summed E-state index contributed by atoms with van der Waals surface area (Å²) in [4.78, 5) is 12.6. The van der Waals surface area contributed by atoms with Gasteiger partial charge in [-0.3, -0.25) is 9.52 Å². The largest absolute Gasteiger partial charge is 0.348 e. The van der Waals surface area contributed by atoms with Gasteiger partial charge >= 0.3 is 0 Å². The van der Waals surface area contributed by atoms with Gasteiger partial charge in [-0.05, 0) is 48.4 Å². The Balaban J connectivity index is 1.82. The van der Waals surface area contributed by atoms with Crippen molar-refractivity contribution in [3.8, 4) is 0 Å². The van der Waals surface area contributed by atoms with Crippen LogP contribution in [0.2, 0.25) is 5.02 Å². The number of benzene rings is 3. The van der Waals surface area contributed by atoms with Crippen LogP contribution in [0, 0.1) is 6.92 Å². The van der Waals surface area contributed by atoms with Crippen LogP contribution in [0.5, 0.6) is 0 Å². The Hall–Kier alpha value is -2.83. The first kappa shape index (κ1) is 19.9. The highest BCUT2D eigenvalue weighted by molar-refractivity contribution is 7.92. The highest BCUT2D eigenvalue weighted by Crippen LogP contribution is 2.22. The maximum absolute atomic E-state index is 12.9. The van der Waals surface area contributed by atoms with Crippen molar-refractivity contribution in [3.05, 3.63) is 94.5 Å². The van der Waals surface area contributed by atoms with Gasteiger partial charge in [0, 0.05) is 11.6 Å². The minimum atomic E-state index is -3.93. The SMILES string of the molecule is Cc1ccccc1NS(=O)(=O)c1ccccc1C(=O)NCc1ccc(Cl)cc1. The van der Waals surface area contributed by atoms with Gasteiger partial charge in [0.05, 0.1) is 11.3 Å². The maximum Gasteiger partial charge on any atom is 0.262 e. The number of aryl methyl sites for hydroxylation is 1. The lowest BCUT2D eigenvalue weighted by Gasteiger charge is -2.14. The Morgan fingerprint density at radius 1 is 0.929 bits per heavy atom. The van der Waals surface area contributed by atoms with Gasteiger partial charge in [0.25, 0.3) is 15.9 Å². The van der Waals surface area contributed by atoms with Crippen LogP contribution in [0.15, 0.2) is 77.7 Å². The van der Waals surface area contributed by atoms with E-state index in [1.807, 2.05) is 19.1 Å². The molecule has 28 heavy (non-hydrogen) atoms. The highest BCUT2D eigenvalue weighted by atomic mass is 35.5. The van der Waals surface area contributed by atoms with E-state index < -0.39 is 15.9 Å². The van der Waals surface area contributed by atoms with Crippen LogP contribution in [-0.2, 0) is 16.6 Å². The molecule has 0 bridgehead atoms. The van der Waals surface area contributed by atoms with E-state index in [0.717, 1.165) is 11.1 Å². The van der Waals surface area contributed by atoms with Crippen LogP contribution in [0.3, 0.4) is 0 Å². The molecule has 0 spiro atoms. The van der Waals surface area contributed by atoms with E-state index in [0.29, 0.717) is 10.7 Å². The van der Waals surface area contributed by atoms with Gasteiger partial charge in [-0.1, -0.05) is 54.1 Å². The molecule has 0 heterocycles. The standard InChI is InChI=1S/C21H19ClN2O3S/c1-15-6-2-4-8-19(15)24-28(26,27)20-9-5-3-7-18(20)21(25)23-14-16-10-12-17(22)13-11-16/h2-13,24H,14H2,1H3,(H,23,25). The number of nitrogens with one attached hydrogen (secondary N) is 2. The first-order valence-corrected chi connectivity index (χ1v) is 10.4. The maximum atomic E-state index is 12.9. The number of halogens is 1. The molecule has 0 aliphatic heterocycles. The number of amides is 1. The molecule has 5 nitrogen and oxygen atoms in total. The number of hydrogen-bond acceptors (Lipinski definition) is 3. The summed E-state index contributed by atoms with van der Waals surface area (Å²) in [5.74, 6) is -0.472. The molecule has 0 saturated heterocycles. The Morgan fingerprint density at radius 3 is 2.29 bits per heavy atom. The fourth-order valence-corrected chi connectivity index (χ4v) is 4.12. The molecule has 3 aromatic carbocycles. The zero-order chi connectivity index (χ0) is 20.1. The quantitative estimate of drug-likeness (QED) is 0.628. The zero-order valence-corrected chi connectivity index (χ0v) is 16.7. The van der Waals surface area contributed by atoms with Crippen molar-refractivity contribution >= 4 is 33.2 Å². The van der Waals surface area contributed by atoms with Crippen LogP contribution in [0.1, 0.15) is 21.5 Å². The molecule has 1 amide bonds. The van der Waals surface area contributed by atoms with Gasteiger partial charge in [0.2, 0.25) is 0 Å². The van der Waals surface area contributed by atoms with Crippen LogP contribution in [0.4, 0.5) is 5.69 Å². The summed E-state index contributed by atoms with van der Waals surface area (Å²) >= 11 is 5.86. The lowest BCUT2D eigenvalue weighted by molar-refractivity contribution is 0.0947. The molecular formula is C21H19ClN2O3S. The zero-order valence-electron chi connectivity index (χ0n) is 15.1. The van der Waals surface area contributed by atoms with E-state index in [1.165, 1.54) is 12.1 Å². The van der Waals surface area contributed by atoms with Crippen molar-refractivity contribution < 1.29 is 13.2 Å². The molecule has 144 valence electrons. The number of carbonyl (C=O) groups is 1. The number of carbonyl (C=O) groups excluding carboxylic acids is 1. The Labute approximate surface area is 169 Å². The van der Waals surface area contributed by atoms with Gasteiger partial charge in [0.15, 0.2) is 0 Å². The van der Waals surface area contributed by atoms with E-state index in [9.17, 15) is 13.2 Å². The average molecular weight is 415 g/mol. The summed E-state index contributed by atoms with van der Waals surface area (Å²) in [7, 11) is -3.93. The Bertz CT molecular complexity index is 1100. The summed E-state index contributed by atoms with van der Waals surface area (Å²) in [6.45, 7) is 2.07. The van der Waals surface area contributed by atoms with Crippen LogP contribution in [0.25, 0.3) is 0 Å². The molecule has 0 unspecified atom stereocenters. The fraction of sp³-hybridized carbons (Fsp3) is 0.0952. The lowest BCUT2D eigenvalue weighted by Crippen LogP contribution is -2.26. The summed E-state index contributed by atoms with van der Waals surface area (Å²) in [6, 6.07) is 20.2. The Kier molecular flexibility index (Phi) is 6.02. The normalized spacial score (nSPS) is 11.1. The van der Waals surface area contributed by atoms with E-state index in [1.54, 1.807) is 48.5 Å². The van der Waals surface area contributed by atoms with Crippen molar-refractivity contribution in [2.75, 3.05) is 4.72 Å². The molecule has 0 aliphatic rings. The van der Waals surface area contributed by atoms with E-state index >= 15 is 0 Å². The summed E-state index contributed by atoms with van der Waals surface area (Å²) < 4.78 is 28.3. The van der Waals surface area contributed by atoms with E-state index in [4.69, 9.17) is 11.6 Å². The summed E-state index contributed by atoms with van der Waals surface area (Å²) in [5, 5.41) is 3.35. The second-order valence-corrected chi connectivity index (χ2v) is 8.31. The second-order valence-electron chi connectivity index (χ2n) is 6.23. The molecule has 0 fully saturated rings. The molecule has 3 aromatic rings. The molecule has 0 saturated carbocycles. The van der Waals surface area contributed by atoms with Gasteiger partial charge in [0.1, 0.15) is 4.90 Å². The number of rotatable bonds is 6. The molecule has 0 aromatic heterocycles. The predicted octanol–water partition coefficient (Wildman–Crippen LogP) is 4.38. The second kappa shape index (κ2) is 8.46. The molecule has 0 atom stereocenters. The summed E-state index contributed by atoms with van der Waals surface area (Å²) in [5.41, 5.74) is 2.20. The predicted molar refractivity (Wildman–Crippen MR) is 111 cm³/mol. The topological polar surface area (TPSA) is 75.3 Å². The number of hydrogen-bond donors (Lipinski definition) is 2. The molecule has 7 heteroatoms. The third-order valence-corrected chi connectivity index (χ3v) is 5.85. The van der Waals surface area contributed by atoms with Crippen molar-refractivity contribution in [1.29, 1.82) is 0 Å². The van der Waals surface area contributed by atoms with Gasteiger partial charge in [-0.2, -0.15) is 0 Å². The number of para-hydroxylation sites is 1. The third-order valence-electron chi connectivity index (χ3n) is 4.18. The fourth-order valence-electron chi connectivity index (χ4n) is 2.66. The molecule has 2 N–H and O–H groups in total. The van der Waals surface area contributed by atoms with Crippen molar-refractivity contribution in [2.24, 2.45) is 0 Å². The van der Waals surface area contributed by atoms with Crippen LogP contribution in [-0.4, -0.2) is 14.3 Å². The smallest absolute Gasteiger partial charge is 0.262 e. The summed E-state index contributed by atoms with van der Waals surface area (Å²) in [6.07, 6.45) is 0. The van der Waals surface area contributed by atoms with Gasteiger partial charge in [-0.15, -0.1) is 0 Å². The minimum absolute atomic E-state index is 0.0770. The van der Waals surface area contributed by atoms with E-state index in [-0.39, 0.29) is 17.0 Å². The average Bonchev–Trinajstić information content (AvgIpc) is 2.69. The van der Waals surface area contributed by atoms with Crippen LogP contribution >= 0.6 is 11.6 Å². The molecule has 0 aliphatic carbocycles. The molecule has 0 radical (unpaired) electrons. The van der Waals surface area contributed by atoms with Gasteiger partial charge in [-0.25, -0.2) is 8.42 Å². The van der Waals surface area contributed by atoms with Crippen LogP contribution < -0.4 is 10.0 Å². The molecular weight excluding hydrogens is 396 g/mol. The third kappa shape index (κ3) is 4.71. The van der Waals surface area contributed by atoms with Crippen molar-refractivity contribution in [3.63, 3.8) is 0 Å².